The minimum absolute atomic E-state index is 0.0667. The zero-order chi connectivity index (χ0) is 15.5. The molecular formula is C14H13BrF3NO. The molecule has 0 spiro atoms. The van der Waals surface area contributed by atoms with Crippen LogP contribution in [0.3, 0.4) is 0 Å². The SMILES string of the molecule is CC(C)C(=O)C(Br)Cc1ccc(C#N)c(C(F)(F)F)c1. The van der Waals surface area contributed by atoms with Crippen LogP contribution in [0.4, 0.5) is 13.2 Å². The lowest BCUT2D eigenvalue weighted by atomic mass is 9.98. The molecule has 0 aliphatic heterocycles. The van der Waals surface area contributed by atoms with E-state index in [0.29, 0.717) is 5.56 Å². The zero-order valence-corrected chi connectivity index (χ0v) is 12.5. The summed E-state index contributed by atoms with van der Waals surface area (Å²) in [4.78, 5) is 11.2. The predicted octanol–water partition coefficient (Wildman–Crippen LogP) is 4.11. The van der Waals surface area contributed by atoms with Gasteiger partial charge in [0.15, 0.2) is 0 Å². The van der Waals surface area contributed by atoms with Gasteiger partial charge in [-0.15, -0.1) is 0 Å². The molecule has 0 radical (unpaired) electrons. The van der Waals surface area contributed by atoms with Gasteiger partial charge >= 0.3 is 6.18 Å². The molecule has 1 aromatic rings. The second-order valence-corrected chi connectivity index (χ2v) is 5.82. The van der Waals surface area contributed by atoms with Crippen molar-refractivity contribution in [3.63, 3.8) is 0 Å². The van der Waals surface area contributed by atoms with Gasteiger partial charge in [0.1, 0.15) is 5.78 Å². The Labute approximate surface area is 123 Å². The summed E-state index contributed by atoms with van der Waals surface area (Å²) in [6.07, 6.45) is -4.42. The van der Waals surface area contributed by atoms with Gasteiger partial charge in [0, 0.05) is 5.92 Å². The molecule has 108 valence electrons. The number of carbonyl (C=O) groups excluding carboxylic acids is 1. The molecule has 6 heteroatoms. The lowest BCUT2D eigenvalue weighted by Gasteiger charge is -2.14. The number of benzene rings is 1. The molecule has 0 heterocycles. The average Bonchev–Trinajstić information content (AvgIpc) is 2.36. The van der Waals surface area contributed by atoms with Gasteiger partial charge in [-0.1, -0.05) is 35.8 Å². The molecule has 1 rings (SSSR count). The zero-order valence-electron chi connectivity index (χ0n) is 11.0. The first kappa shape index (κ1) is 16.7. The van der Waals surface area contributed by atoms with Gasteiger partial charge in [0.25, 0.3) is 0 Å². The largest absolute Gasteiger partial charge is 0.417 e. The molecule has 0 fully saturated rings. The third-order valence-corrected chi connectivity index (χ3v) is 3.58. The molecule has 1 aromatic carbocycles. The fraction of sp³-hybridized carbons (Fsp3) is 0.429. The quantitative estimate of drug-likeness (QED) is 0.769. The number of nitrogens with zero attached hydrogens (tertiary/aromatic N) is 1. The topological polar surface area (TPSA) is 40.9 Å². The Morgan fingerprint density at radius 3 is 2.45 bits per heavy atom. The predicted molar refractivity (Wildman–Crippen MR) is 72.4 cm³/mol. The highest BCUT2D eigenvalue weighted by Gasteiger charge is 2.34. The third kappa shape index (κ3) is 4.07. The van der Waals surface area contributed by atoms with Gasteiger partial charge in [-0.25, -0.2) is 0 Å². The third-order valence-electron chi connectivity index (χ3n) is 2.80. The average molecular weight is 348 g/mol. The fourth-order valence-electron chi connectivity index (χ4n) is 1.72. The van der Waals surface area contributed by atoms with Crippen LogP contribution in [0.5, 0.6) is 0 Å². The Morgan fingerprint density at radius 2 is 2.00 bits per heavy atom. The van der Waals surface area contributed by atoms with Crippen LogP contribution in [0.25, 0.3) is 0 Å². The van der Waals surface area contributed by atoms with E-state index in [0.717, 1.165) is 12.1 Å². The summed E-state index contributed by atoms with van der Waals surface area (Å²) in [5.41, 5.74) is -1.01. The first-order valence-corrected chi connectivity index (χ1v) is 6.86. The summed E-state index contributed by atoms with van der Waals surface area (Å²) in [5.74, 6) is -0.261. The lowest BCUT2D eigenvalue weighted by Crippen LogP contribution is -2.22. The standard InChI is InChI=1S/C14H13BrF3NO/c1-8(2)13(20)12(15)6-9-3-4-10(7-19)11(5-9)14(16,17)18/h3-5,8,12H,6H2,1-2H3. The van der Waals surface area contributed by atoms with E-state index in [1.807, 2.05) is 0 Å². The first-order chi connectivity index (χ1) is 9.16. The summed E-state index contributed by atoms with van der Waals surface area (Å²) < 4.78 is 38.4. The molecule has 1 unspecified atom stereocenters. The van der Waals surface area contributed by atoms with Crippen LogP contribution in [0.1, 0.15) is 30.5 Å². The van der Waals surface area contributed by atoms with Gasteiger partial charge in [-0.05, 0) is 24.1 Å². The van der Waals surface area contributed by atoms with E-state index in [1.54, 1.807) is 13.8 Å². The van der Waals surface area contributed by atoms with Crippen molar-refractivity contribution in [2.24, 2.45) is 5.92 Å². The fourth-order valence-corrected chi connectivity index (χ4v) is 2.62. The van der Waals surface area contributed by atoms with Crippen LogP contribution < -0.4 is 0 Å². The Bertz CT molecular complexity index is 546. The smallest absolute Gasteiger partial charge is 0.298 e. The van der Waals surface area contributed by atoms with Gasteiger partial charge in [0.2, 0.25) is 0 Å². The maximum Gasteiger partial charge on any atom is 0.417 e. The van der Waals surface area contributed by atoms with Crippen molar-refractivity contribution < 1.29 is 18.0 Å². The van der Waals surface area contributed by atoms with Crippen LogP contribution >= 0.6 is 15.9 Å². The highest BCUT2D eigenvalue weighted by Crippen LogP contribution is 2.33. The second kappa shape index (κ2) is 6.40. The number of hydrogen-bond acceptors (Lipinski definition) is 2. The number of carbonyl (C=O) groups is 1. The Balaban J connectivity index is 3.05. The summed E-state index contributed by atoms with van der Waals surface area (Å²) >= 11 is 3.20. The van der Waals surface area contributed by atoms with Gasteiger partial charge in [-0.2, -0.15) is 18.4 Å². The van der Waals surface area contributed by atoms with Crippen molar-refractivity contribution in [3.8, 4) is 6.07 Å². The minimum atomic E-state index is -4.58. The number of Topliss-reactive ketones (excluding diaryl/α,β-unsaturated/α-hetero) is 1. The number of alkyl halides is 4. The molecule has 1 atom stereocenters. The summed E-state index contributed by atoms with van der Waals surface area (Å²) in [5, 5.41) is 8.70. The van der Waals surface area contributed by atoms with Crippen molar-refractivity contribution in [2.45, 2.75) is 31.3 Å². The van der Waals surface area contributed by atoms with E-state index in [1.165, 1.54) is 12.1 Å². The van der Waals surface area contributed by atoms with Crippen molar-refractivity contribution in [3.05, 3.63) is 34.9 Å². The van der Waals surface area contributed by atoms with Crippen LogP contribution in [0.2, 0.25) is 0 Å². The Morgan fingerprint density at radius 1 is 1.40 bits per heavy atom. The molecule has 0 aliphatic carbocycles. The molecule has 20 heavy (non-hydrogen) atoms. The number of rotatable bonds is 4. The molecule has 0 aliphatic rings. The molecule has 0 bridgehead atoms. The highest BCUT2D eigenvalue weighted by atomic mass is 79.9. The number of ketones is 1. The summed E-state index contributed by atoms with van der Waals surface area (Å²) in [6, 6.07) is 5.03. The highest BCUT2D eigenvalue weighted by molar-refractivity contribution is 9.10. The van der Waals surface area contributed by atoms with Gasteiger partial charge in [0.05, 0.1) is 22.0 Å². The Kier molecular flexibility index (Phi) is 5.35. The summed E-state index contributed by atoms with van der Waals surface area (Å²) in [7, 11) is 0. The van der Waals surface area contributed by atoms with Crippen LogP contribution in [0.15, 0.2) is 18.2 Å². The molecule has 0 aromatic heterocycles. The lowest BCUT2D eigenvalue weighted by molar-refractivity contribution is -0.137. The molecule has 0 N–H and O–H groups in total. The van der Waals surface area contributed by atoms with E-state index < -0.39 is 22.1 Å². The number of hydrogen-bond donors (Lipinski definition) is 0. The molecular weight excluding hydrogens is 335 g/mol. The monoisotopic (exact) mass is 347 g/mol. The van der Waals surface area contributed by atoms with E-state index in [2.05, 4.69) is 15.9 Å². The van der Waals surface area contributed by atoms with Crippen LogP contribution in [-0.2, 0) is 17.4 Å². The molecule has 0 saturated heterocycles. The normalized spacial score (nSPS) is 13.1. The number of halogens is 4. The molecule has 0 amide bonds. The van der Waals surface area contributed by atoms with E-state index >= 15 is 0 Å². The van der Waals surface area contributed by atoms with Crippen molar-refractivity contribution in [1.29, 1.82) is 5.26 Å². The van der Waals surface area contributed by atoms with Gasteiger partial charge in [-0.3, -0.25) is 4.79 Å². The summed E-state index contributed by atoms with van der Waals surface area (Å²) in [6.45, 7) is 3.47. The van der Waals surface area contributed by atoms with E-state index in [9.17, 15) is 18.0 Å². The first-order valence-electron chi connectivity index (χ1n) is 5.94. The van der Waals surface area contributed by atoms with Crippen molar-refractivity contribution in [1.82, 2.24) is 0 Å². The Hall–Kier alpha value is -1.35. The molecule has 0 saturated carbocycles. The minimum Gasteiger partial charge on any atom is -0.298 e. The maximum absolute atomic E-state index is 12.8. The maximum atomic E-state index is 12.8. The van der Waals surface area contributed by atoms with Crippen molar-refractivity contribution >= 4 is 21.7 Å². The van der Waals surface area contributed by atoms with Crippen LogP contribution in [-0.4, -0.2) is 10.6 Å². The number of nitriles is 1. The van der Waals surface area contributed by atoms with Gasteiger partial charge < -0.3 is 0 Å². The molecule has 2 nitrogen and oxygen atoms in total. The van der Waals surface area contributed by atoms with Crippen molar-refractivity contribution in [2.75, 3.05) is 0 Å². The van der Waals surface area contributed by atoms with Crippen LogP contribution in [0, 0.1) is 17.2 Å². The van der Waals surface area contributed by atoms with E-state index in [4.69, 9.17) is 5.26 Å². The second-order valence-electron chi connectivity index (χ2n) is 4.72. The van der Waals surface area contributed by atoms with E-state index in [-0.39, 0.29) is 18.1 Å².